The lowest BCUT2D eigenvalue weighted by molar-refractivity contribution is -0.115. The van der Waals surface area contributed by atoms with Gasteiger partial charge in [-0.05, 0) is 23.4 Å². The third kappa shape index (κ3) is 2.27. The van der Waals surface area contributed by atoms with Crippen LogP contribution in [0.5, 0.6) is 0 Å². The van der Waals surface area contributed by atoms with E-state index < -0.39 is 0 Å². The molecule has 3 nitrogen and oxygen atoms in total. The number of rotatable bonds is 1. The van der Waals surface area contributed by atoms with Crippen molar-refractivity contribution in [2.45, 2.75) is 0 Å². The van der Waals surface area contributed by atoms with Crippen LogP contribution in [0.15, 0.2) is 40.2 Å². The van der Waals surface area contributed by atoms with Gasteiger partial charge >= 0.3 is 0 Å². The molecule has 1 amide bonds. The molecule has 0 aliphatic carbocycles. The Hall–Kier alpha value is -1.55. The molecule has 0 radical (unpaired) electrons. The maximum atomic E-state index is 11.5. The van der Waals surface area contributed by atoms with E-state index in [0.717, 1.165) is 5.56 Å². The van der Waals surface area contributed by atoms with E-state index in [9.17, 15) is 4.79 Å². The summed E-state index contributed by atoms with van der Waals surface area (Å²) in [7, 11) is 1.66. The minimum atomic E-state index is -0.0792. The lowest BCUT2D eigenvalue weighted by Crippen LogP contribution is -2.19. The molecule has 15 heavy (non-hydrogen) atoms. The van der Waals surface area contributed by atoms with Crippen LogP contribution < -0.4 is 5.32 Å². The molecule has 0 unspecified atom stereocenters. The normalized spacial score (nSPS) is 21.0. The zero-order chi connectivity index (χ0) is 10.7. The van der Waals surface area contributed by atoms with Gasteiger partial charge in [0.1, 0.15) is 0 Å². The minimum Gasteiger partial charge on any atom is -0.301 e. The van der Waals surface area contributed by atoms with Crippen LogP contribution >= 0.6 is 11.8 Å². The highest BCUT2D eigenvalue weighted by Crippen LogP contribution is 2.25. The molecular weight excluding hydrogens is 208 g/mol. The van der Waals surface area contributed by atoms with Gasteiger partial charge in [-0.1, -0.05) is 30.3 Å². The Morgan fingerprint density at radius 1 is 1.33 bits per heavy atom. The van der Waals surface area contributed by atoms with Crippen molar-refractivity contribution in [2.75, 3.05) is 7.05 Å². The van der Waals surface area contributed by atoms with Gasteiger partial charge in [-0.25, -0.2) is 0 Å². The highest BCUT2D eigenvalue weighted by molar-refractivity contribution is 8.18. The molecule has 0 saturated carbocycles. The number of thioether (sulfide) groups is 1. The van der Waals surface area contributed by atoms with Crippen LogP contribution in [-0.2, 0) is 4.79 Å². The molecule has 2 rings (SSSR count). The average molecular weight is 218 g/mol. The Kier molecular flexibility index (Phi) is 2.87. The summed E-state index contributed by atoms with van der Waals surface area (Å²) >= 11 is 1.36. The number of nitrogens with one attached hydrogen (secondary N) is 1. The minimum absolute atomic E-state index is 0.0792. The summed E-state index contributed by atoms with van der Waals surface area (Å²) in [5.41, 5.74) is 1.02. The molecule has 76 valence electrons. The van der Waals surface area contributed by atoms with Crippen molar-refractivity contribution in [1.29, 1.82) is 0 Å². The zero-order valence-electron chi connectivity index (χ0n) is 8.23. The van der Waals surface area contributed by atoms with Gasteiger partial charge in [0.05, 0.1) is 4.91 Å². The maximum absolute atomic E-state index is 11.5. The molecule has 1 aliphatic heterocycles. The molecule has 0 aromatic heterocycles. The standard InChI is InChI=1S/C11H10N2OS/c1-12-11-13-10(14)9(15-11)7-8-5-3-2-4-6-8/h2-7H,1H3,(H,12,13,14). The molecule has 1 N–H and O–H groups in total. The van der Waals surface area contributed by atoms with Crippen LogP contribution in [0.2, 0.25) is 0 Å². The summed E-state index contributed by atoms with van der Waals surface area (Å²) in [6, 6.07) is 9.75. The SMILES string of the molecule is CN=C1NC(=O)C(=Cc2ccccc2)S1. The molecule has 0 spiro atoms. The second-order valence-electron chi connectivity index (χ2n) is 3.00. The van der Waals surface area contributed by atoms with E-state index in [1.807, 2.05) is 36.4 Å². The number of aliphatic imine (C=N–C) groups is 1. The first kappa shape index (κ1) is 9.98. The predicted molar refractivity (Wildman–Crippen MR) is 63.5 cm³/mol. The number of amides is 1. The second kappa shape index (κ2) is 4.31. The Bertz CT molecular complexity index is 437. The van der Waals surface area contributed by atoms with Crippen molar-refractivity contribution < 1.29 is 4.79 Å². The summed E-state index contributed by atoms with van der Waals surface area (Å²) < 4.78 is 0. The van der Waals surface area contributed by atoms with E-state index in [2.05, 4.69) is 10.3 Å². The Balaban J connectivity index is 2.26. The first-order valence-electron chi connectivity index (χ1n) is 4.52. The third-order valence-electron chi connectivity index (χ3n) is 1.95. The summed E-state index contributed by atoms with van der Waals surface area (Å²) in [6.07, 6.45) is 1.86. The van der Waals surface area contributed by atoms with E-state index in [-0.39, 0.29) is 5.91 Å². The van der Waals surface area contributed by atoms with Gasteiger partial charge in [0.15, 0.2) is 5.17 Å². The third-order valence-corrected chi connectivity index (χ3v) is 2.95. The Morgan fingerprint density at radius 2 is 2.07 bits per heavy atom. The van der Waals surface area contributed by atoms with Crippen molar-refractivity contribution in [1.82, 2.24) is 5.32 Å². The van der Waals surface area contributed by atoms with E-state index in [4.69, 9.17) is 0 Å². The fourth-order valence-electron chi connectivity index (χ4n) is 1.23. The molecule has 0 atom stereocenters. The van der Waals surface area contributed by atoms with E-state index in [1.54, 1.807) is 7.05 Å². The van der Waals surface area contributed by atoms with Crippen molar-refractivity contribution in [3.8, 4) is 0 Å². The first-order chi connectivity index (χ1) is 7.29. The van der Waals surface area contributed by atoms with Gasteiger partial charge in [-0.3, -0.25) is 9.79 Å². The van der Waals surface area contributed by atoms with Crippen LogP contribution in [0.1, 0.15) is 5.56 Å². The Morgan fingerprint density at radius 3 is 2.67 bits per heavy atom. The van der Waals surface area contributed by atoms with Crippen LogP contribution in [0, 0.1) is 0 Å². The number of carbonyl (C=O) groups is 1. The maximum Gasteiger partial charge on any atom is 0.264 e. The van der Waals surface area contributed by atoms with E-state index >= 15 is 0 Å². The topological polar surface area (TPSA) is 41.5 Å². The average Bonchev–Trinajstić information content (AvgIpc) is 2.61. The number of nitrogens with zero attached hydrogens (tertiary/aromatic N) is 1. The fraction of sp³-hybridized carbons (Fsp3) is 0.0909. The second-order valence-corrected chi connectivity index (χ2v) is 4.03. The van der Waals surface area contributed by atoms with Gasteiger partial charge in [0.25, 0.3) is 5.91 Å². The monoisotopic (exact) mass is 218 g/mol. The van der Waals surface area contributed by atoms with Crippen molar-refractivity contribution in [2.24, 2.45) is 4.99 Å². The lowest BCUT2D eigenvalue weighted by atomic mass is 10.2. The van der Waals surface area contributed by atoms with Gasteiger partial charge in [-0.15, -0.1) is 0 Å². The lowest BCUT2D eigenvalue weighted by Gasteiger charge is -1.92. The van der Waals surface area contributed by atoms with Crippen LogP contribution in [0.25, 0.3) is 6.08 Å². The summed E-state index contributed by atoms with van der Waals surface area (Å²) in [5, 5.41) is 3.33. The Labute approximate surface area is 92.3 Å². The quantitative estimate of drug-likeness (QED) is 0.731. The van der Waals surface area contributed by atoms with Crippen LogP contribution in [-0.4, -0.2) is 18.1 Å². The largest absolute Gasteiger partial charge is 0.301 e. The summed E-state index contributed by atoms with van der Waals surface area (Å²) in [4.78, 5) is 16.1. The van der Waals surface area contributed by atoms with Crippen LogP contribution in [0.3, 0.4) is 0 Å². The predicted octanol–water partition coefficient (Wildman–Crippen LogP) is 1.88. The number of hydrogen-bond acceptors (Lipinski definition) is 3. The van der Waals surface area contributed by atoms with Gasteiger partial charge in [0, 0.05) is 7.05 Å². The molecule has 1 fully saturated rings. The number of benzene rings is 1. The van der Waals surface area contributed by atoms with Crippen LogP contribution in [0.4, 0.5) is 0 Å². The summed E-state index contributed by atoms with van der Waals surface area (Å²) in [6.45, 7) is 0. The van der Waals surface area contributed by atoms with Crippen molar-refractivity contribution in [3.05, 3.63) is 40.8 Å². The summed E-state index contributed by atoms with van der Waals surface area (Å²) in [5.74, 6) is -0.0792. The molecule has 1 heterocycles. The fourth-order valence-corrected chi connectivity index (χ4v) is 2.01. The number of hydrogen-bond donors (Lipinski definition) is 1. The van der Waals surface area contributed by atoms with E-state index in [1.165, 1.54) is 11.8 Å². The van der Waals surface area contributed by atoms with E-state index in [0.29, 0.717) is 10.1 Å². The molecule has 1 aliphatic rings. The zero-order valence-corrected chi connectivity index (χ0v) is 9.04. The van der Waals surface area contributed by atoms with Gasteiger partial charge < -0.3 is 5.32 Å². The molecule has 4 heteroatoms. The van der Waals surface area contributed by atoms with Gasteiger partial charge in [0.2, 0.25) is 0 Å². The number of carbonyl (C=O) groups excluding carboxylic acids is 1. The molecule has 0 bridgehead atoms. The first-order valence-corrected chi connectivity index (χ1v) is 5.34. The molecule has 1 aromatic carbocycles. The molecular formula is C11H10N2OS. The van der Waals surface area contributed by atoms with Crippen molar-refractivity contribution >= 4 is 28.9 Å². The molecule has 1 aromatic rings. The highest BCUT2D eigenvalue weighted by atomic mass is 32.2. The number of amidine groups is 1. The smallest absolute Gasteiger partial charge is 0.264 e. The molecule has 1 saturated heterocycles. The van der Waals surface area contributed by atoms with Gasteiger partial charge in [-0.2, -0.15) is 0 Å². The van der Waals surface area contributed by atoms with Crippen molar-refractivity contribution in [3.63, 3.8) is 0 Å². The highest BCUT2D eigenvalue weighted by Gasteiger charge is 2.22.